The molecule has 2 rings (SSSR count). The molecule has 0 heterocycles. The predicted molar refractivity (Wildman–Crippen MR) is 83.7 cm³/mol. The monoisotopic (exact) mass is 277 g/mol. The molecule has 0 saturated heterocycles. The van der Waals surface area contributed by atoms with E-state index >= 15 is 0 Å². The molecule has 2 unspecified atom stereocenters. The lowest BCUT2D eigenvalue weighted by Gasteiger charge is -2.33. The Morgan fingerprint density at radius 2 is 1.95 bits per heavy atom. The first-order valence-electron chi connectivity index (χ1n) is 8.10. The van der Waals surface area contributed by atoms with Crippen molar-refractivity contribution in [3.8, 4) is 0 Å². The number of rotatable bonds is 5. The molecule has 1 saturated carbocycles. The Hall–Kier alpha value is -0.890. The van der Waals surface area contributed by atoms with Crippen LogP contribution in [-0.2, 0) is 0 Å². The Morgan fingerprint density at radius 1 is 1.20 bits per heavy atom. The van der Waals surface area contributed by atoms with Gasteiger partial charge in [-0.25, -0.2) is 4.39 Å². The molecule has 0 radical (unpaired) electrons. The van der Waals surface area contributed by atoms with Crippen molar-refractivity contribution in [3.63, 3.8) is 0 Å². The highest BCUT2D eigenvalue weighted by atomic mass is 19.1. The molecule has 20 heavy (non-hydrogen) atoms. The second-order valence-electron chi connectivity index (χ2n) is 6.33. The fourth-order valence-corrected chi connectivity index (χ4v) is 3.69. The van der Waals surface area contributed by atoms with Crippen LogP contribution in [-0.4, -0.2) is 13.1 Å². The van der Waals surface area contributed by atoms with Gasteiger partial charge in [-0.15, -0.1) is 0 Å². The fourth-order valence-electron chi connectivity index (χ4n) is 3.69. The van der Waals surface area contributed by atoms with Gasteiger partial charge in [0.25, 0.3) is 0 Å². The van der Waals surface area contributed by atoms with E-state index in [1.165, 1.54) is 19.3 Å². The smallest absolute Gasteiger partial charge is 0.127 e. The van der Waals surface area contributed by atoms with Crippen LogP contribution in [0.5, 0.6) is 0 Å². The van der Waals surface area contributed by atoms with Gasteiger partial charge in [-0.2, -0.15) is 0 Å². The van der Waals surface area contributed by atoms with Crippen molar-refractivity contribution in [2.75, 3.05) is 13.1 Å². The summed E-state index contributed by atoms with van der Waals surface area (Å²) in [4.78, 5) is 0. The van der Waals surface area contributed by atoms with Crippen LogP contribution >= 0.6 is 0 Å². The maximum absolute atomic E-state index is 14.4. The van der Waals surface area contributed by atoms with Gasteiger partial charge in [0, 0.05) is 0 Å². The number of nitrogens with one attached hydrogen (secondary N) is 1. The summed E-state index contributed by atoms with van der Waals surface area (Å²) in [5.74, 6) is 0.995. The fraction of sp³-hybridized carbons (Fsp3) is 0.667. The number of aryl methyl sites for hydroxylation is 2. The average Bonchev–Trinajstić information content (AvgIpc) is 2.39. The number of hydrogen-bond acceptors (Lipinski definition) is 1. The van der Waals surface area contributed by atoms with Gasteiger partial charge in [0.2, 0.25) is 0 Å². The molecular formula is C18H28FN. The topological polar surface area (TPSA) is 12.0 Å². The van der Waals surface area contributed by atoms with Crippen LogP contribution in [0.25, 0.3) is 0 Å². The minimum atomic E-state index is 0.00916. The van der Waals surface area contributed by atoms with Crippen LogP contribution < -0.4 is 5.32 Å². The Morgan fingerprint density at radius 3 is 2.65 bits per heavy atom. The van der Waals surface area contributed by atoms with Crippen LogP contribution in [0.3, 0.4) is 0 Å². The molecule has 1 N–H and O–H groups in total. The summed E-state index contributed by atoms with van der Waals surface area (Å²) in [7, 11) is 0. The lowest BCUT2D eigenvalue weighted by Crippen LogP contribution is -2.30. The van der Waals surface area contributed by atoms with E-state index in [1.807, 2.05) is 6.92 Å². The minimum absolute atomic E-state index is 0.00916. The van der Waals surface area contributed by atoms with Crippen molar-refractivity contribution in [1.82, 2.24) is 5.32 Å². The summed E-state index contributed by atoms with van der Waals surface area (Å²) in [6.07, 6.45) is 6.06. The zero-order chi connectivity index (χ0) is 14.5. The lowest BCUT2D eigenvalue weighted by molar-refractivity contribution is 0.289. The third-order valence-corrected chi connectivity index (χ3v) is 4.59. The minimum Gasteiger partial charge on any atom is -0.316 e. The zero-order valence-corrected chi connectivity index (χ0v) is 13.1. The first-order chi connectivity index (χ1) is 9.63. The van der Waals surface area contributed by atoms with E-state index in [1.54, 1.807) is 6.07 Å². The highest BCUT2D eigenvalue weighted by Gasteiger charge is 2.29. The van der Waals surface area contributed by atoms with Crippen LogP contribution in [0.1, 0.15) is 61.6 Å². The van der Waals surface area contributed by atoms with Gasteiger partial charge in [0.1, 0.15) is 5.82 Å². The molecule has 0 spiro atoms. The first-order valence-corrected chi connectivity index (χ1v) is 8.10. The molecule has 2 atom stereocenters. The lowest BCUT2D eigenvalue weighted by atomic mass is 9.74. The molecule has 1 aliphatic carbocycles. The Labute approximate surface area is 123 Å². The quantitative estimate of drug-likeness (QED) is 0.768. The SMILES string of the molecule is CCCNCC1CCCCC1c1c(C)cc(C)cc1F. The molecule has 2 heteroatoms. The molecular weight excluding hydrogens is 249 g/mol. The van der Waals surface area contributed by atoms with Gasteiger partial charge in [0.05, 0.1) is 0 Å². The molecule has 1 fully saturated rings. The van der Waals surface area contributed by atoms with E-state index in [0.717, 1.165) is 42.6 Å². The summed E-state index contributed by atoms with van der Waals surface area (Å²) >= 11 is 0. The third kappa shape index (κ3) is 3.60. The summed E-state index contributed by atoms with van der Waals surface area (Å²) < 4.78 is 14.4. The molecule has 0 aliphatic heterocycles. The van der Waals surface area contributed by atoms with E-state index in [9.17, 15) is 4.39 Å². The van der Waals surface area contributed by atoms with Crippen molar-refractivity contribution < 1.29 is 4.39 Å². The van der Waals surface area contributed by atoms with Crippen LogP contribution in [0.4, 0.5) is 4.39 Å². The molecule has 0 amide bonds. The standard InChI is InChI=1S/C18H28FN/c1-4-9-20-12-15-7-5-6-8-16(15)18-14(3)10-13(2)11-17(18)19/h10-11,15-16,20H,4-9,12H2,1-3H3. The molecule has 1 aromatic rings. The van der Waals surface area contributed by atoms with Gasteiger partial charge in [-0.05, 0) is 80.8 Å². The largest absolute Gasteiger partial charge is 0.316 e. The first kappa shape index (κ1) is 15.5. The maximum Gasteiger partial charge on any atom is 0.127 e. The van der Waals surface area contributed by atoms with Crippen LogP contribution in [0.15, 0.2) is 12.1 Å². The van der Waals surface area contributed by atoms with Gasteiger partial charge in [-0.3, -0.25) is 0 Å². The Balaban J connectivity index is 2.19. The normalized spacial score (nSPS) is 23.0. The maximum atomic E-state index is 14.4. The molecule has 0 aromatic heterocycles. The molecule has 1 nitrogen and oxygen atoms in total. The van der Waals surface area contributed by atoms with E-state index in [2.05, 4.69) is 25.2 Å². The molecule has 1 aromatic carbocycles. The zero-order valence-electron chi connectivity index (χ0n) is 13.1. The number of halogens is 1. The number of hydrogen-bond donors (Lipinski definition) is 1. The summed E-state index contributed by atoms with van der Waals surface area (Å²) in [5, 5.41) is 3.53. The van der Waals surface area contributed by atoms with E-state index in [4.69, 9.17) is 0 Å². The third-order valence-electron chi connectivity index (χ3n) is 4.59. The second-order valence-corrected chi connectivity index (χ2v) is 6.33. The molecule has 1 aliphatic rings. The van der Waals surface area contributed by atoms with Crippen LogP contribution in [0, 0.1) is 25.6 Å². The highest BCUT2D eigenvalue weighted by molar-refractivity contribution is 5.35. The van der Waals surface area contributed by atoms with Crippen molar-refractivity contribution in [2.45, 2.75) is 58.8 Å². The summed E-state index contributed by atoms with van der Waals surface area (Å²) in [6.45, 7) is 8.33. The molecule has 0 bridgehead atoms. The van der Waals surface area contributed by atoms with E-state index in [-0.39, 0.29) is 5.82 Å². The Bertz CT molecular complexity index is 418. The summed E-state index contributed by atoms with van der Waals surface area (Å²) in [6, 6.07) is 3.83. The summed E-state index contributed by atoms with van der Waals surface area (Å²) in [5.41, 5.74) is 3.15. The van der Waals surface area contributed by atoms with Crippen molar-refractivity contribution in [2.24, 2.45) is 5.92 Å². The second kappa shape index (κ2) is 7.21. The average molecular weight is 277 g/mol. The van der Waals surface area contributed by atoms with Crippen molar-refractivity contribution in [1.29, 1.82) is 0 Å². The van der Waals surface area contributed by atoms with E-state index < -0.39 is 0 Å². The molecule has 112 valence electrons. The van der Waals surface area contributed by atoms with Gasteiger partial charge < -0.3 is 5.32 Å². The van der Waals surface area contributed by atoms with Gasteiger partial charge >= 0.3 is 0 Å². The van der Waals surface area contributed by atoms with Gasteiger partial charge in [-0.1, -0.05) is 25.8 Å². The van der Waals surface area contributed by atoms with Crippen molar-refractivity contribution >= 4 is 0 Å². The van der Waals surface area contributed by atoms with E-state index in [0.29, 0.717) is 11.8 Å². The Kier molecular flexibility index (Phi) is 5.59. The van der Waals surface area contributed by atoms with Crippen LogP contribution in [0.2, 0.25) is 0 Å². The number of benzene rings is 1. The predicted octanol–water partition coefficient (Wildman–Crippen LogP) is 4.72. The van der Waals surface area contributed by atoms with Crippen molar-refractivity contribution in [3.05, 3.63) is 34.6 Å². The van der Waals surface area contributed by atoms with Gasteiger partial charge in [0.15, 0.2) is 0 Å². The highest BCUT2D eigenvalue weighted by Crippen LogP contribution is 2.40.